The molecule has 100 valence electrons. The summed E-state index contributed by atoms with van der Waals surface area (Å²) in [5, 5.41) is 2.37. The van der Waals surface area contributed by atoms with Gasteiger partial charge in [-0.3, -0.25) is 0 Å². The van der Waals surface area contributed by atoms with Crippen LogP contribution < -0.4 is 0 Å². The molecule has 0 aromatic heterocycles. The third kappa shape index (κ3) is 2.57. The van der Waals surface area contributed by atoms with Crippen LogP contribution in [0.5, 0.6) is 0 Å². The lowest BCUT2D eigenvalue weighted by Gasteiger charge is -2.16. The van der Waals surface area contributed by atoms with Gasteiger partial charge in [0.25, 0.3) is 0 Å². The molecule has 0 aliphatic heterocycles. The van der Waals surface area contributed by atoms with Crippen LogP contribution in [-0.4, -0.2) is 0 Å². The molecule has 0 bridgehead atoms. The molecule has 0 nitrogen and oxygen atoms in total. The van der Waals surface area contributed by atoms with Crippen molar-refractivity contribution in [2.24, 2.45) is 0 Å². The maximum atomic E-state index is 6.78. The molecule has 3 rings (SSSR count). The summed E-state index contributed by atoms with van der Waals surface area (Å²) in [6.45, 7) is 2.13. The second-order valence-electron chi connectivity index (χ2n) is 4.93. The Kier molecular flexibility index (Phi) is 3.99. The Morgan fingerprint density at radius 3 is 2.55 bits per heavy atom. The van der Waals surface area contributed by atoms with Crippen molar-refractivity contribution < 1.29 is 0 Å². The molecule has 0 fully saturated rings. The lowest BCUT2D eigenvalue weighted by atomic mass is 9.94. The van der Waals surface area contributed by atoms with Crippen LogP contribution in [0.4, 0.5) is 0 Å². The summed E-state index contributed by atoms with van der Waals surface area (Å²) in [5.74, 6) is 0. The monoisotopic (exact) mass is 392 g/mol. The Hall–Kier alpha value is -1.06. The van der Waals surface area contributed by atoms with Gasteiger partial charge in [-0.1, -0.05) is 48.5 Å². The summed E-state index contributed by atoms with van der Waals surface area (Å²) in [6, 6.07) is 21.1. The van der Waals surface area contributed by atoms with E-state index in [0.29, 0.717) is 0 Å². The molecular weight excluding hydrogens is 379 g/mol. The molecule has 1 atom stereocenters. The first-order chi connectivity index (χ1) is 9.66. The Bertz CT molecular complexity index is 764. The molecule has 0 amide bonds. The maximum Gasteiger partial charge on any atom is 0.0844 e. The first-order valence-electron chi connectivity index (χ1n) is 6.54. The first kappa shape index (κ1) is 13.9. The van der Waals surface area contributed by atoms with Gasteiger partial charge in [-0.2, -0.15) is 0 Å². The predicted octanol–water partition coefficient (Wildman–Crippen LogP) is 6.08. The standard InChI is InChI=1S/C18H14ClI/c1-12-9-10-13-5-2-3-8-16(13)17(12)18(19)14-6-4-7-15(20)11-14/h2-11,18H,1H3. The lowest BCUT2D eigenvalue weighted by molar-refractivity contribution is 1.13. The third-order valence-electron chi connectivity index (χ3n) is 3.58. The molecule has 2 heteroatoms. The molecule has 20 heavy (non-hydrogen) atoms. The van der Waals surface area contributed by atoms with Gasteiger partial charge in [0.15, 0.2) is 0 Å². The number of fused-ring (bicyclic) bond motifs is 1. The molecule has 0 heterocycles. The van der Waals surface area contributed by atoms with Gasteiger partial charge in [0.1, 0.15) is 0 Å². The molecular formula is C18H14ClI. The zero-order chi connectivity index (χ0) is 14.1. The average Bonchev–Trinajstić information content (AvgIpc) is 2.46. The first-order valence-corrected chi connectivity index (χ1v) is 8.06. The smallest absolute Gasteiger partial charge is 0.0844 e. The van der Waals surface area contributed by atoms with E-state index in [4.69, 9.17) is 11.6 Å². The predicted molar refractivity (Wildman–Crippen MR) is 95.5 cm³/mol. The minimum Gasteiger partial charge on any atom is -0.113 e. The van der Waals surface area contributed by atoms with E-state index < -0.39 is 0 Å². The fourth-order valence-corrected chi connectivity index (χ4v) is 3.56. The molecule has 0 aliphatic rings. The van der Waals surface area contributed by atoms with Gasteiger partial charge in [0, 0.05) is 3.57 Å². The van der Waals surface area contributed by atoms with E-state index in [1.807, 2.05) is 0 Å². The SMILES string of the molecule is Cc1ccc2ccccc2c1C(Cl)c1cccc(I)c1. The van der Waals surface area contributed by atoms with Gasteiger partial charge in [-0.25, -0.2) is 0 Å². The zero-order valence-corrected chi connectivity index (χ0v) is 14.0. The molecule has 1 unspecified atom stereocenters. The van der Waals surface area contributed by atoms with E-state index in [9.17, 15) is 0 Å². The molecule has 0 N–H and O–H groups in total. The number of rotatable bonds is 2. The fraction of sp³-hybridized carbons (Fsp3) is 0.111. The van der Waals surface area contributed by atoms with Gasteiger partial charge >= 0.3 is 0 Å². The van der Waals surface area contributed by atoms with E-state index in [-0.39, 0.29) is 5.38 Å². The van der Waals surface area contributed by atoms with Gasteiger partial charge in [-0.15, -0.1) is 11.6 Å². The number of hydrogen-bond acceptors (Lipinski definition) is 0. The number of benzene rings is 3. The van der Waals surface area contributed by atoms with Crippen molar-refractivity contribution in [3.05, 3.63) is 80.9 Å². The molecule has 0 aliphatic carbocycles. The van der Waals surface area contributed by atoms with Crippen LogP contribution in [0.15, 0.2) is 60.7 Å². The van der Waals surface area contributed by atoms with Crippen LogP contribution in [0.3, 0.4) is 0 Å². The topological polar surface area (TPSA) is 0 Å². The number of halogens is 2. The minimum absolute atomic E-state index is 0.115. The van der Waals surface area contributed by atoms with E-state index in [1.165, 1.54) is 25.5 Å². The van der Waals surface area contributed by atoms with Crippen LogP contribution in [0, 0.1) is 10.5 Å². The minimum atomic E-state index is -0.115. The van der Waals surface area contributed by atoms with Crippen molar-refractivity contribution in [3.63, 3.8) is 0 Å². The quantitative estimate of drug-likeness (QED) is 0.366. The van der Waals surface area contributed by atoms with Crippen molar-refractivity contribution in [2.45, 2.75) is 12.3 Å². The Labute approximate surface area is 137 Å². The highest BCUT2D eigenvalue weighted by atomic mass is 127. The van der Waals surface area contributed by atoms with E-state index in [1.54, 1.807) is 0 Å². The van der Waals surface area contributed by atoms with E-state index in [0.717, 1.165) is 5.56 Å². The Morgan fingerprint density at radius 1 is 0.950 bits per heavy atom. The van der Waals surface area contributed by atoms with Crippen LogP contribution in [0.1, 0.15) is 22.1 Å². The largest absolute Gasteiger partial charge is 0.113 e. The molecule has 0 saturated carbocycles. The van der Waals surface area contributed by atoms with Gasteiger partial charge in [0.05, 0.1) is 5.38 Å². The van der Waals surface area contributed by atoms with Crippen LogP contribution >= 0.6 is 34.2 Å². The summed E-state index contributed by atoms with van der Waals surface area (Å²) < 4.78 is 1.21. The van der Waals surface area contributed by atoms with Crippen molar-refractivity contribution >= 4 is 45.0 Å². The van der Waals surface area contributed by atoms with Crippen LogP contribution in [0.25, 0.3) is 10.8 Å². The zero-order valence-electron chi connectivity index (χ0n) is 11.1. The Balaban J connectivity index is 2.21. The second kappa shape index (κ2) is 5.74. The van der Waals surface area contributed by atoms with Crippen molar-refractivity contribution in [1.29, 1.82) is 0 Å². The molecule has 0 saturated heterocycles. The van der Waals surface area contributed by atoms with Crippen LogP contribution in [0.2, 0.25) is 0 Å². The van der Waals surface area contributed by atoms with Gasteiger partial charge in [0.2, 0.25) is 0 Å². The molecule has 0 radical (unpaired) electrons. The van der Waals surface area contributed by atoms with Gasteiger partial charge < -0.3 is 0 Å². The summed E-state index contributed by atoms with van der Waals surface area (Å²) in [4.78, 5) is 0. The molecule has 3 aromatic carbocycles. The molecule has 3 aromatic rings. The highest BCUT2D eigenvalue weighted by Gasteiger charge is 2.16. The summed E-state index contributed by atoms with van der Waals surface area (Å²) >= 11 is 9.11. The van der Waals surface area contributed by atoms with Crippen LogP contribution in [-0.2, 0) is 0 Å². The second-order valence-corrected chi connectivity index (χ2v) is 6.62. The van der Waals surface area contributed by atoms with E-state index in [2.05, 4.69) is 90.2 Å². The number of aryl methyl sites for hydroxylation is 1. The summed E-state index contributed by atoms with van der Waals surface area (Å²) in [5.41, 5.74) is 3.60. The van der Waals surface area contributed by atoms with Crippen molar-refractivity contribution in [1.82, 2.24) is 0 Å². The maximum absolute atomic E-state index is 6.78. The fourth-order valence-electron chi connectivity index (χ4n) is 2.57. The van der Waals surface area contributed by atoms with Crippen molar-refractivity contribution in [3.8, 4) is 0 Å². The van der Waals surface area contributed by atoms with Gasteiger partial charge in [-0.05, 0) is 69.1 Å². The highest BCUT2D eigenvalue weighted by Crippen LogP contribution is 2.36. The molecule has 0 spiro atoms. The highest BCUT2D eigenvalue weighted by molar-refractivity contribution is 14.1. The summed E-state index contributed by atoms with van der Waals surface area (Å²) in [7, 11) is 0. The third-order valence-corrected chi connectivity index (χ3v) is 4.72. The lowest BCUT2D eigenvalue weighted by Crippen LogP contribution is -1.98. The van der Waals surface area contributed by atoms with E-state index >= 15 is 0 Å². The average molecular weight is 393 g/mol. The Morgan fingerprint density at radius 2 is 1.75 bits per heavy atom. The summed E-state index contributed by atoms with van der Waals surface area (Å²) in [6.07, 6.45) is 0. The normalized spacial score (nSPS) is 12.6. The number of hydrogen-bond donors (Lipinski definition) is 0. The van der Waals surface area contributed by atoms with Crippen molar-refractivity contribution in [2.75, 3.05) is 0 Å². The number of alkyl halides is 1.